The van der Waals surface area contributed by atoms with E-state index in [2.05, 4.69) is 63.0 Å². The third-order valence-corrected chi connectivity index (χ3v) is 7.72. The van der Waals surface area contributed by atoms with E-state index >= 15 is 0 Å². The quantitative estimate of drug-likeness (QED) is 0.0206. The van der Waals surface area contributed by atoms with Crippen molar-refractivity contribution < 1.29 is 137 Å². The molecule has 0 unspecified atom stereocenters. The molecule has 2 N–H and O–H groups in total. The third kappa shape index (κ3) is 41.5. The molecule has 4 aromatic heterocycles. The molecule has 0 aliphatic rings. The van der Waals surface area contributed by atoms with Crippen LogP contribution < -0.4 is 28.5 Å². The zero-order chi connectivity index (χ0) is 57.0. The van der Waals surface area contributed by atoms with Crippen molar-refractivity contribution in [2.24, 2.45) is 7.05 Å². The Hall–Kier alpha value is -7.97. The monoisotopic (exact) mass is 1260 g/mol. The molecule has 0 spiro atoms. The smallest absolute Gasteiger partial charge is 0.356 e. The van der Waals surface area contributed by atoms with Crippen molar-refractivity contribution in [2.45, 2.75) is 0 Å². The molecule has 32 heteroatoms. The van der Waals surface area contributed by atoms with Gasteiger partial charge in [0.15, 0.2) is 18.5 Å². The lowest BCUT2D eigenvalue weighted by Crippen LogP contribution is -3.00. The summed E-state index contributed by atoms with van der Waals surface area (Å²) in [5, 5.41) is 16.3. The van der Waals surface area contributed by atoms with E-state index in [1.54, 1.807) is 66.6 Å². The molecular weight excluding hydrogens is 1220 g/mol. The van der Waals surface area contributed by atoms with Crippen LogP contribution in [0.2, 0.25) is 0 Å². The average molecular weight is 1260 g/mol. The van der Waals surface area contributed by atoms with Crippen LogP contribution in [0.25, 0.3) is 0 Å². The minimum Gasteiger partial charge on any atom is -1.00 e. The standard InChI is InChI=1S/C13H14NO6.C12H11NO6.C7H6ClNO2.C6H5NO2.C5H6O4.CH2Cl2O3S.HI/c1-14-7-3-4-10(8-14)13(17)20-9-19-12(16)6-5-11(15)18-2;1-17-10(14)4-5-11(15)18-8-19-12(16)9-3-2-6-13-7-9;8-5-11-7(10)6-2-1-3-9-4-6;8-6(9)5-2-1-3-7-4-5;1-9-5(8)3-2-4(6)7;2-1-6-7(3,4)5;/h3-8H,9H2,1-2H3;2-7H,8H2,1H3;1-4H,5H2;1-4H,(H,8,9);2-3H,1H3,(H,6,7);1H2;1H/q+1;;;;;;/p-1/b6-5+;5-4+;;;3-2+;;. The summed E-state index contributed by atoms with van der Waals surface area (Å²) in [6, 6.07) is 12.1. The SMILES string of the molecule is COC(=O)/C=C/C(=O)O.COC(=O)/C=C/C(=O)OCOC(=O)c1ccc[n+](C)c1.COC(=O)/C=C/C(=O)OCOC(=O)c1cccnc1.O=C(O)c1cccnc1.O=C(OCCl)c1cccnc1.O=S(=O)(Cl)OCCl.[I-]. The van der Waals surface area contributed by atoms with E-state index in [9.17, 15) is 56.4 Å². The van der Waals surface area contributed by atoms with Crippen LogP contribution in [-0.4, -0.2) is 140 Å². The molecule has 4 rings (SSSR count). The molecule has 0 saturated carbocycles. The Kier molecular flexibility index (Phi) is 42.3. The van der Waals surface area contributed by atoms with Crippen LogP contribution >= 0.6 is 33.9 Å². The summed E-state index contributed by atoms with van der Waals surface area (Å²) in [6.45, 7) is -1.10. The number of rotatable bonds is 17. The van der Waals surface area contributed by atoms with Crippen molar-refractivity contribution >= 4 is 103 Å². The number of methoxy groups -OCH3 is 3. The van der Waals surface area contributed by atoms with Crippen LogP contribution in [0.5, 0.6) is 0 Å². The predicted octanol–water partition coefficient (Wildman–Crippen LogP) is 0.0677. The fraction of sp³-hybridized carbons (Fsp3) is 0.182. The average Bonchev–Trinajstić information content (AvgIpc) is 3.40. The summed E-state index contributed by atoms with van der Waals surface area (Å²) in [4.78, 5) is 119. The van der Waals surface area contributed by atoms with Crippen LogP contribution in [-0.2, 0) is 87.2 Å². The van der Waals surface area contributed by atoms with Gasteiger partial charge in [-0.15, -0.1) is 0 Å². The number of aromatic nitrogens is 4. The Balaban J connectivity index is -0.000000876. The minimum atomic E-state index is -3.83. The van der Waals surface area contributed by atoms with Gasteiger partial charge in [-0.2, -0.15) is 8.42 Å². The summed E-state index contributed by atoms with van der Waals surface area (Å²) < 4.78 is 60.5. The number of aliphatic carboxylic acids is 1. The molecule has 76 heavy (non-hydrogen) atoms. The maximum atomic E-state index is 11.6. The van der Waals surface area contributed by atoms with Gasteiger partial charge in [0.2, 0.25) is 13.6 Å². The molecule has 0 bridgehead atoms. The van der Waals surface area contributed by atoms with E-state index in [0.29, 0.717) is 17.2 Å². The Labute approximate surface area is 463 Å². The molecular formula is C44H44Cl3IN4O23S. The molecule has 4 aromatic rings. The number of esters is 8. The molecule has 0 atom stereocenters. The number of carboxylic acids is 2. The number of carbonyl (C=O) groups excluding carboxylic acids is 8. The van der Waals surface area contributed by atoms with E-state index in [1.807, 2.05) is 0 Å². The van der Waals surface area contributed by atoms with E-state index in [-0.39, 0.29) is 41.2 Å². The molecule has 0 fully saturated rings. The summed E-state index contributed by atoms with van der Waals surface area (Å²) in [7, 11) is 5.95. The van der Waals surface area contributed by atoms with E-state index in [1.165, 1.54) is 64.4 Å². The summed E-state index contributed by atoms with van der Waals surface area (Å²) >= 11 is 9.98. The first-order valence-electron chi connectivity index (χ1n) is 19.5. The molecule has 0 aliphatic carbocycles. The number of pyridine rings is 4. The van der Waals surface area contributed by atoms with Crippen LogP contribution in [0.1, 0.15) is 41.4 Å². The highest BCUT2D eigenvalue weighted by Gasteiger charge is 2.12. The van der Waals surface area contributed by atoms with Gasteiger partial charge in [0.05, 0.1) is 38.0 Å². The van der Waals surface area contributed by atoms with Gasteiger partial charge in [-0.25, -0.2) is 56.7 Å². The van der Waals surface area contributed by atoms with E-state index in [0.717, 1.165) is 30.4 Å². The fourth-order valence-electron chi connectivity index (χ4n) is 3.51. The second-order valence-electron chi connectivity index (χ2n) is 11.9. The zero-order valence-electron chi connectivity index (χ0n) is 39.7. The zero-order valence-corrected chi connectivity index (χ0v) is 44.9. The fourth-order valence-corrected chi connectivity index (χ4v) is 4.34. The van der Waals surface area contributed by atoms with Gasteiger partial charge in [-0.05, 0) is 42.5 Å². The largest absolute Gasteiger partial charge is 1.00 e. The minimum absolute atomic E-state index is 0. The summed E-state index contributed by atoms with van der Waals surface area (Å²) in [5.41, 5.74) is 1.20. The van der Waals surface area contributed by atoms with Crippen LogP contribution in [0, 0.1) is 0 Å². The van der Waals surface area contributed by atoms with Crippen molar-refractivity contribution in [1.82, 2.24) is 15.0 Å². The van der Waals surface area contributed by atoms with Gasteiger partial charge in [-0.1, -0.05) is 23.2 Å². The number of alkyl halides is 2. The Morgan fingerprint density at radius 1 is 0.539 bits per heavy atom. The van der Waals surface area contributed by atoms with Crippen molar-refractivity contribution in [2.75, 3.05) is 47.0 Å². The number of nitrogens with zero attached hydrogens (tertiary/aromatic N) is 4. The molecule has 0 saturated heterocycles. The Morgan fingerprint density at radius 2 is 0.908 bits per heavy atom. The predicted molar refractivity (Wildman–Crippen MR) is 254 cm³/mol. The molecule has 4 heterocycles. The highest BCUT2D eigenvalue weighted by molar-refractivity contribution is 8.10. The van der Waals surface area contributed by atoms with Crippen molar-refractivity contribution in [3.63, 3.8) is 0 Å². The number of halogens is 4. The van der Waals surface area contributed by atoms with Gasteiger partial charge in [-0.3, -0.25) is 15.0 Å². The molecule has 0 amide bonds. The summed E-state index contributed by atoms with van der Waals surface area (Å²) in [6.07, 6.45) is 17.1. The van der Waals surface area contributed by atoms with E-state index in [4.69, 9.17) is 38.2 Å². The lowest BCUT2D eigenvalue weighted by atomic mass is 10.3. The number of aryl methyl sites for hydroxylation is 1. The Morgan fingerprint density at radius 3 is 1.21 bits per heavy atom. The lowest BCUT2D eigenvalue weighted by Gasteiger charge is -2.03. The number of aromatic carboxylic acids is 1. The number of hydrogen-bond donors (Lipinski definition) is 2. The van der Waals surface area contributed by atoms with Gasteiger partial charge in [0, 0.05) is 90.4 Å². The first kappa shape index (κ1) is 72.3. The topological polar surface area (TPSA) is 371 Å². The number of ether oxygens (including phenoxy) is 8. The van der Waals surface area contributed by atoms with Gasteiger partial charge >= 0.3 is 69.0 Å². The number of carboxylic acid groups (broad SMARTS) is 2. The second-order valence-corrected chi connectivity index (χ2v) is 14.5. The van der Waals surface area contributed by atoms with Gasteiger partial charge < -0.3 is 72.1 Å². The maximum Gasteiger partial charge on any atom is 0.356 e. The lowest BCUT2D eigenvalue weighted by molar-refractivity contribution is -0.671. The maximum absolute atomic E-state index is 11.6. The Bertz CT molecular complexity index is 2650. The summed E-state index contributed by atoms with van der Waals surface area (Å²) in [5.74, 6) is -7.54. The van der Waals surface area contributed by atoms with Crippen molar-refractivity contribution in [3.8, 4) is 0 Å². The van der Waals surface area contributed by atoms with Crippen molar-refractivity contribution in [3.05, 3.63) is 157 Å². The number of hydrogen-bond acceptors (Lipinski definition) is 24. The molecule has 0 radical (unpaired) electrons. The van der Waals surface area contributed by atoms with Crippen LogP contribution in [0.3, 0.4) is 0 Å². The molecule has 0 aromatic carbocycles. The number of carbonyl (C=O) groups is 10. The highest BCUT2D eigenvalue weighted by Crippen LogP contribution is 2.02. The molecule has 0 aliphatic heterocycles. The van der Waals surface area contributed by atoms with Gasteiger partial charge in [0.25, 0.3) is 0 Å². The van der Waals surface area contributed by atoms with Crippen molar-refractivity contribution in [1.29, 1.82) is 0 Å². The first-order chi connectivity index (χ1) is 35.5. The second kappa shape index (κ2) is 44.5. The van der Waals surface area contributed by atoms with Crippen LogP contribution in [0.4, 0.5) is 0 Å². The van der Waals surface area contributed by atoms with E-state index < -0.39 is 88.7 Å². The third-order valence-electron chi connectivity index (χ3n) is 6.71. The molecule has 27 nitrogen and oxygen atoms in total. The normalized spacial score (nSPS) is 9.72. The first-order valence-corrected chi connectivity index (χ1v) is 22.8. The van der Waals surface area contributed by atoms with Crippen LogP contribution in [0.15, 0.2) is 135 Å². The highest BCUT2D eigenvalue weighted by atomic mass is 127. The molecule has 412 valence electrons. The van der Waals surface area contributed by atoms with Gasteiger partial charge in [0.1, 0.15) is 18.7 Å².